The molecule has 0 fully saturated rings. The average molecular weight is 457 g/mol. The third kappa shape index (κ3) is 4.60. The summed E-state index contributed by atoms with van der Waals surface area (Å²) >= 11 is 6.21. The van der Waals surface area contributed by atoms with Crippen LogP contribution in [0.15, 0.2) is 102 Å². The molecular weight excluding hydrogens is 436 g/mol. The molecule has 5 rings (SSSR count). The van der Waals surface area contributed by atoms with Gasteiger partial charge in [0, 0.05) is 40.5 Å². The van der Waals surface area contributed by atoms with Crippen LogP contribution in [0.25, 0.3) is 22.6 Å². The van der Waals surface area contributed by atoms with E-state index in [0.717, 1.165) is 23.3 Å². The van der Waals surface area contributed by atoms with Crippen LogP contribution in [-0.2, 0) is 0 Å². The van der Waals surface area contributed by atoms with Crippen LogP contribution in [0, 0.1) is 0 Å². The Hall–Kier alpha value is -3.67. The molecule has 2 unspecified atom stereocenters. The Bertz CT molecular complexity index is 1300. The fourth-order valence-corrected chi connectivity index (χ4v) is 4.00. The van der Waals surface area contributed by atoms with Crippen LogP contribution in [0.1, 0.15) is 23.7 Å². The van der Waals surface area contributed by atoms with Crippen molar-refractivity contribution in [1.29, 1.82) is 0 Å². The molecule has 1 aliphatic carbocycles. The van der Waals surface area contributed by atoms with Crippen LogP contribution in [0.2, 0.25) is 5.02 Å². The maximum atomic E-state index is 11.3. The number of allylic oxidation sites excluding steroid dienone is 2. The van der Waals surface area contributed by atoms with Crippen molar-refractivity contribution in [3.63, 3.8) is 0 Å². The molecule has 6 heteroatoms. The number of benzene rings is 2. The molecular formula is C27H21ClN2O3. The quantitative estimate of drug-likeness (QED) is 0.363. The predicted molar refractivity (Wildman–Crippen MR) is 128 cm³/mol. The molecule has 2 aromatic carbocycles. The summed E-state index contributed by atoms with van der Waals surface area (Å²) in [6, 6.07) is 18.5. The zero-order chi connectivity index (χ0) is 22.6. The SMILES string of the molecule is OC(c1cccnc1)c1c(-c2ccc(OC3C=CC=CC3)cc2)noc1-c1cccc(Cl)c1. The normalized spacial score (nSPS) is 16.0. The minimum absolute atomic E-state index is 0.0188. The van der Waals surface area contributed by atoms with Gasteiger partial charge in [-0.25, -0.2) is 0 Å². The molecule has 1 N–H and O–H groups in total. The van der Waals surface area contributed by atoms with E-state index < -0.39 is 6.10 Å². The molecule has 2 atom stereocenters. The van der Waals surface area contributed by atoms with Crippen LogP contribution >= 0.6 is 11.6 Å². The predicted octanol–water partition coefficient (Wildman–Crippen LogP) is 6.40. The first-order valence-corrected chi connectivity index (χ1v) is 11.0. The second-order valence-electron chi connectivity index (χ2n) is 7.70. The number of aliphatic hydroxyl groups is 1. The van der Waals surface area contributed by atoms with E-state index in [1.54, 1.807) is 30.6 Å². The van der Waals surface area contributed by atoms with Crippen LogP contribution in [0.5, 0.6) is 5.75 Å². The molecule has 0 aliphatic heterocycles. The third-order valence-corrected chi connectivity index (χ3v) is 5.68. The molecule has 0 bridgehead atoms. The van der Waals surface area contributed by atoms with Gasteiger partial charge in [-0.2, -0.15) is 0 Å². The minimum Gasteiger partial charge on any atom is -0.486 e. The van der Waals surface area contributed by atoms with Crippen LogP contribution < -0.4 is 4.74 Å². The van der Waals surface area contributed by atoms with Crippen molar-refractivity contribution in [2.24, 2.45) is 0 Å². The summed E-state index contributed by atoms with van der Waals surface area (Å²) in [5.41, 5.74) is 3.28. The van der Waals surface area contributed by atoms with Gasteiger partial charge in [-0.15, -0.1) is 0 Å². The smallest absolute Gasteiger partial charge is 0.173 e. The highest BCUT2D eigenvalue weighted by molar-refractivity contribution is 6.30. The molecule has 164 valence electrons. The van der Waals surface area contributed by atoms with E-state index in [4.69, 9.17) is 20.9 Å². The number of rotatable bonds is 6. The Morgan fingerprint density at radius 1 is 1.03 bits per heavy atom. The molecule has 5 nitrogen and oxygen atoms in total. The highest BCUT2D eigenvalue weighted by Gasteiger charge is 2.26. The largest absolute Gasteiger partial charge is 0.486 e. The lowest BCUT2D eigenvalue weighted by molar-refractivity contribution is 0.220. The Morgan fingerprint density at radius 2 is 1.91 bits per heavy atom. The number of ether oxygens (including phenoxy) is 1. The van der Waals surface area contributed by atoms with Crippen molar-refractivity contribution in [1.82, 2.24) is 10.1 Å². The maximum absolute atomic E-state index is 11.3. The Labute approximate surface area is 196 Å². The molecule has 4 aromatic rings. The summed E-state index contributed by atoms with van der Waals surface area (Å²) in [5, 5.41) is 16.2. The van der Waals surface area contributed by atoms with Crippen LogP contribution in [0.4, 0.5) is 0 Å². The molecule has 2 heterocycles. The van der Waals surface area contributed by atoms with E-state index in [9.17, 15) is 5.11 Å². The van der Waals surface area contributed by atoms with Crippen molar-refractivity contribution in [3.05, 3.63) is 114 Å². The highest BCUT2D eigenvalue weighted by Crippen LogP contribution is 2.39. The lowest BCUT2D eigenvalue weighted by Crippen LogP contribution is -2.13. The first-order valence-electron chi connectivity index (χ1n) is 10.6. The lowest BCUT2D eigenvalue weighted by Gasteiger charge is -2.16. The van der Waals surface area contributed by atoms with Crippen LogP contribution in [-0.4, -0.2) is 21.4 Å². The monoisotopic (exact) mass is 456 g/mol. The minimum atomic E-state index is -0.982. The van der Waals surface area contributed by atoms with Crippen molar-refractivity contribution in [2.45, 2.75) is 18.6 Å². The van der Waals surface area contributed by atoms with E-state index in [1.165, 1.54) is 0 Å². The summed E-state index contributed by atoms with van der Waals surface area (Å²) in [6.07, 6.45) is 11.3. The van der Waals surface area contributed by atoms with Gasteiger partial charge < -0.3 is 14.4 Å². The van der Waals surface area contributed by atoms with Gasteiger partial charge in [-0.05, 0) is 48.5 Å². The van der Waals surface area contributed by atoms with E-state index >= 15 is 0 Å². The molecule has 0 saturated heterocycles. The Balaban J connectivity index is 1.53. The van der Waals surface area contributed by atoms with Gasteiger partial charge in [0.25, 0.3) is 0 Å². The summed E-state index contributed by atoms with van der Waals surface area (Å²) in [7, 11) is 0. The molecule has 2 aromatic heterocycles. The standard InChI is InChI=1S/C27H21ClN2O3/c28-21-8-4-6-19(16-21)27-24(26(31)20-7-5-15-29-17-20)25(30-33-27)18-11-13-23(14-12-18)32-22-9-2-1-3-10-22/h1-9,11-17,22,26,31H,10H2. The second-order valence-corrected chi connectivity index (χ2v) is 8.14. The zero-order valence-electron chi connectivity index (χ0n) is 17.6. The van der Waals surface area contributed by atoms with Crippen molar-refractivity contribution >= 4 is 11.6 Å². The van der Waals surface area contributed by atoms with Gasteiger partial charge in [0.15, 0.2) is 5.76 Å². The first-order chi connectivity index (χ1) is 16.2. The summed E-state index contributed by atoms with van der Waals surface area (Å²) in [4.78, 5) is 4.14. The number of hydrogen-bond donors (Lipinski definition) is 1. The summed E-state index contributed by atoms with van der Waals surface area (Å²) < 4.78 is 11.8. The van der Waals surface area contributed by atoms with Gasteiger partial charge in [0.05, 0.1) is 5.56 Å². The van der Waals surface area contributed by atoms with E-state index in [2.05, 4.69) is 16.2 Å². The number of pyridine rings is 1. The van der Waals surface area contributed by atoms with Gasteiger partial charge in [-0.1, -0.05) is 53.2 Å². The van der Waals surface area contributed by atoms with Gasteiger partial charge in [0.2, 0.25) is 0 Å². The molecule has 0 saturated carbocycles. The number of aliphatic hydroxyl groups excluding tert-OH is 1. The summed E-state index contributed by atoms with van der Waals surface area (Å²) in [5.74, 6) is 1.22. The van der Waals surface area contributed by atoms with Gasteiger partial charge >= 0.3 is 0 Å². The fraction of sp³-hybridized carbons (Fsp3) is 0.111. The summed E-state index contributed by atoms with van der Waals surface area (Å²) in [6.45, 7) is 0. The van der Waals surface area contributed by atoms with E-state index in [1.807, 2.05) is 60.7 Å². The topological polar surface area (TPSA) is 68.4 Å². The Morgan fingerprint density at radius 3 is 2.64 bits per heavy atom. The van der Waals surface area contributed by atoms with Crippen molar-refractivity contribution in [3.8, 4) is 28.3 Å². The second kappa shape index (κ2) is 9.45. The molecule has 33 heavy (non-hydrogen) atoms. The molecule has 1 aliphatic rings. The average Bonchev–Trinajstić information content (AvgIpc) is 3.30. The number of aromatic nitrogens is 2. The van der Waals surface area contributed by atoms with Crippen molar-refractivity contribution < 1.29 is 14.4 Å². The number of hydrogen-bond acceptors (Lipinski definition) is 5. The van der Waals surface area contributed by atoms with Crippen molar-refractivity contribution in [2.75, 3.05) is 0 Å². The van der Waals surface area contributed by atoms with E-state index in [0.29, 0.717) is 27.6 Å². The van der Waals surface area contributed by atoms with Crippen LogP contribution in [0.3, 0.4) is 0 Å². The van der Waals surface area contributed by atoms with E-state index in [-0.39, 0.29) is 6.10 Å². The fourth-order valence-electron chi connectivity index (χ4n) is 3.81. The highest BCUT2D eigenvalue weighted by atomic mass is 35.5. The number of halogens is 1. The third-order valence-electron chi connectivity index (χ3n) is 5.44. The lowest BCUT2D eigenvalue weighted by atomic mass is 9.95. The van der Waals surface area contributed by atoms with Gasteiger partial charge in [-0.3, -0.25) is 4.98 Å². The molecule has 0 amide bonds. The molecule has 0 spiro atoms. The molecule has 0 radical (unpaired) electrons. The Kier molecular flexibility index (Phi) is 6.07. The van der Waals surface area contributed by atoms with Gasteiger partial charge in [0.1, 0.15) is 23.7 Å². The maximum Gasteiger partial charge on any atom is 0.173 e. The number of nitrogens with zero attached hydrogens (tertiary/aromatic N) is 2. The zero-order valence-corrected chi connectivity index (χ0v) is 18.4. The first kappa shape index (κ1) is 21.2.